The van der Waals surface area contributed by atoms with Crippen LogP contribution in [-0.4, -0.2) is 4.83 Å². The molecule has 18 heavy (non-hydrogen) atoms. The number of hydrogen-bond acceptors (Lipinski definition) is 0. The standard InChI is InChI=1S/C16H12Br2/c17-15-12-8-4-3-7-11(12)13-9-5-1-2-6-10(9)14(13)16(15)18/h1-8,13-16H/t13-,14+,15+,16-/m0/s1. The Labute approximate surface area is 124 Å². The monoisotopic (exact) mass is 362 g/mol. The van der Waals surface area contributed by atoms with E-state index in [4.69, 9.17) is 0 Å². The third-order valence-corrected chi connectivity index (χ3v) is 7.17. The molecule has 0 N–H and O–H groups in total. The van der Waals surface area contributed by atoms with Gasteiger partial charge < -0.3 is 0 Å². The van der Waals surface area contributed by atoms with Crippen molar-refractivity contribution in [3.05, 3.63) is 70.8 Å². The highest BCUT2D eigenvalue weighted by Crippen LogP contribution is 2.61. The molecule has 0 saturated heterocycles. The highest BCUT2D eigenvalue weighted by atomic mass is 79.9. The average Bonchev–Trinajstić information content (AvgIpc) is 2.39. The van der Waals surface area contributed by atoms with Gasteiger partial charge in [0.25, 0.3) is 0 Å². The van der Waals surface area contributed by atoms with Crippen molar-refractivity contribution < 1.29 is 0 Å². The molecule has 2 heteroatoms. The van der Waals surface area contributed by atoms with Gasteiger partial charge in [-0.25, -0.2) is 0 Å². The quantitative estimate of drug-likeness (QED) is 0.569. The van der Waals surface area contributed by atoms with Gasteiger partial charge in [-0.15, -0.1) is 0 Å². The summed E-state index contributed by atoms with van der Waals surface area (Å²) in [5, 5.41) is 0. The van der Waals surface area contributed by atoms with Crippen LogP contribution in [0, 0.1) is 0 Å². The van der Waals surface area contributed by atoms with Gasteiger partial charge in [-0.05, 0) is 22.3 Å². The van der Waals surface area contributed by atoms with Gasteiger partial charge in [-0.1, -0.05) is 80.4 Å². The Balaban J connectivity index is 1.96. The number of benzene rings is 2. The summed E-state index contributed by atoms with van der Waals surface area (Å²) in [6.07, 6.45) is 0. The van der Waals surface area contributed by atoms with Crippen molar-refractivity contribution in [2.24, 2.45) is 0 Å². The van der Waals surface area contributed by atoms with E-state index in [2.05, 4.69) is 80.4 Å². The molecule has 4 rings (SSSR count). The van der Waals surface area contributed by atoms with E-state index in [1.54, 1.807) is 0 Å². The first-order chi connectivity index (χ1) is 8.79. The van der Waals surface area contributed by atoms with Crippen molar-refractivity contribution in [3.8, 4) is 0 Å². The number of rotatable bonds is 0. The third-order valence-electron chi connectivity index (χ3n) is 4.30. The van der Waals surface area contributed by atoms with E-state index in [9.17, 15) is 0 Å². The molecule has 0 aliphatic heterocycles. The van der Waals surface area contributed by atoms with Gasteiger partial charge in [0.05, 0.1) is 4.83 Å². The molecule has 0 fully saturated rings. The SMILES string of the molecule is Br[C@H]1[C@@H]2c3ccccc3[C@H]2c2ccccc2[C@H]1Br. The molecule has 4 atom stereocenters. The molecule has 0 saturated carbocycles. The van der Waals surface area contributed by atoms with Crippen molar-refractivity contribution in [1.82, 2.24) is 0 Å². The number of alkyl halides is 2. The Kier molecular flexibility index (Phi) is 2.46. The molecule has 0 spiro atoms. The van der Waals surface area contributed by atoms with Gasteiger partial charge >= 0.3 is 0 Å². The van der Waals surface area contributed by atoms with Crippen LogP contribution >= 0.6 is 31.9 Å². The number of halogens is 2. The zero-order valence-electron chi connectivity index (χ0n) is 9.68. The maximum absolute atomic E-state index is 3.90. The summed E-state index contributed by atoms with van der Waals surface area (Å²) >= 11 is 7.76. The average molecular weight is 364 g/mol. The van der Waals surface area contributed by atoms with Crippen LogP contribution < -0.4 is 0 Å². The first-order valence-corrected chi connectivity index (χ1v) is 8.08. The lowest BCUT2D eigenvalue weighted by Crippen LogP contribution is -2.38. The Bertz CT molecular complexity index is 620. The summed E-state index contributed by atoms with van der Waals surface area (Å²) < 4.78 is 0. The van der Waals surface area contributed by atoms with Crippen LogP contribution in [0.1, 0.15) is 38.9 Å². The Morgan fingerprint density at radius 1 is 0.667 bits per heavy atom. The molecule has 2 aromatic rings. The van der Waals surface area contributed by atoms with Crippen LogP contribution in [-0.2, 0) is 0 Å². The fraction of sp³-hybridized carbons (Fsp3) is 0.250. The highest BCUT2D eigenvalue weighted by Gasteiger charge is 2.48. The highest BCUT2D eigenvalue weighted by molar-refractivity contribution is 9.12. The minimum Gasteiger partial charge on any atom is -0.0868 e. The van der Waals surface area contributed by atoms with Crippen molar-refractivity contribution in [2.75, 3.05) is 0 Å². The molecule has 0 heterocycles. The van der Waals surface area contributed by atoms with E-state index in [-0.39, 0.29) is 0 Å². The summed E-state index contributed by atoms with van der Waals surface area (Å²) in [6, 6.07) is 17.7. The van der Waals surface area contributed by atoms with Crippen LogP contribution in [0.15, 0.2) is 48.5 Å². The second-order valence-electron chi connectivity index (χ2n) is 5.11. The molecular weight excluding hydrogens is 352 g/mol. The van der Waals surface area contributed by atoms with Crippen LogP contribution in [0.5, 0.6) is 0 Å². The summed E-state index contributed by atoms with van der Waals surface area (Å²) in [4.78, 5) is 0.885. The Morgan fingerprint density at radius 2 is 1.17 bits per heavy atom. The molecule has 0 amide bonds. The molecular formula is C16H12Br2. The summed E-state index contributed by atoms with van der Waals surface area (Å²) in [7, 11) is 0. The number of hydrogen-bond donors (Lipinski definition) is 0. The van der Waals surface area contributed by atoms with Crippen molar-refractivity contribution in [1.29, 1.82) is 0 Å². The fourth-order valence-electron chi connectivity index (χ4n) is 3.49. The molecule has 2 aromatic carbocycles. The van der Waals surface area contributed by atoms with Crippen LogP contribution in [0.4, 0.5) is 0 Å². The summed E-state index contributed by atoms with van der Waals surface area (Å²) in [6.45, 7) is 0. The zero-order chi connectivity index (χ0) is 12.3. The van der Waals surface area contributed by atoms with Crippen molar-refractivity contribution in [2.45, 2.75) is 21.5 Å². The summed E-state index contributed by atoms with van der Waals surface area (Å²) in [5.74, 6) is 1.19. The smallest absolute Gasteiger partial charge is 0.0529 e. The molecule has 0 nitrogen and oxygen atoms in total. The number of fused-ring (bicyclic) bond motifs is 6. The minimum absolute atomic E-state index is 0.406. The molecule has 90 valence electrons. The van der Waals surface area contributed by atoms with Gasteiger partial charge in [0.15, 0.2) is 0 Å². The van der Waals surface area contributed by atoms with Crippen LogP contribution in [0.2, 0.25) is 0 Å². The normalized spacial score (nSPS) is 31.9. The maximum atomic E-state index is 3.90. The second kappa shape index (κ2) is 3.94. The third kappa shape index (κ3) is 1.31. The summed E-state index contributed by atoms with van der Waals surface area (Å²) in [5.41, 5.74) is 5.97. The molecule has 0 unspecified atom stereocenters. The maximum Gasteiger partial charge on any atom is 0.0529 e. The predicted octanol–water partition coefficient (Wildman–Crippen LogP) is 5.13. The van der Waals surface area contributed by atoms with Crippen molar-refractivity contribution >= 4 is 31.9 Å². The van der Waals surface area contributed by atoms with E-state index >= 15 is 0 Å². The van der Waals surface area contributed by atoms with E-state index in [1.807, 2.05) is 0 Å². The molecule has 2 aliphatic rings. The lowest BCUT2D eigenvalue weighted by atomic mass is 9.59. The first-order valence-electron chi connectivity index (χ1n) is 6.25. The molecule has 0 radical (unpaired) electrons. The van der Waals surface area contributed by atoms with Gasteiger partial charge in [0, 0.05) is 16.7 Å². The minimum atomic E-state index is 0.406. The van der Waals surface area contributed by atoms with Gasteiger partial charge in [-0.3, -0.25) is 0 Å². The fourth-order valence-corrected chi connectivity index (χ4v) is 5.11. The first kappa shape index (κ1) is 11.2. The Hall–Kier alpha value is -0.600. The van der Waals surface area contributed by atoms with Crippen LogP contribution in [0.25, 0.3) is 0 Å². The molecule has 0 aromatic heterocycles. The van der Waals surface area contributed by atoms with E-state index in [0.717, 1.165) is 0 Å². The second-order valence-corrected chi connectivity index (χ2v) is 7.15. The van der Waals surface area contributed by atoms with E-state index in [0.29, 0.717) is 21.5 Å². The van der Waals surface area contributed by atoms with Crippen molar-refractivity contribution in [3.63, 3.8) is 0 Å². The molecule has 0 bridgehead atoms. The zero-order valence-corrected chi connectivity index (χ0v) is 12.9. The lowest BCUT2D eigenvalue weighted by Gasteiger charge is -2.48. The lowest BCUT2D eigenvalue weighted by molar-refractivity contribution is 0.480. The topological polar surface area (TPSA) is 0 Å². The predicted molar refractivity (Wildman–Crippen MR) is 81.9 cm³/mol. The van der Waals surface area contributed by atoms with E-state index in [1.165, 1.54) is 22.3 Å². The molecule has 2 aliphatic carbocycles. The van der Waals surface area contributed by atoms with Gasteiger partial charge in [0.2, 0.25) is 0 Å². The largest absolute Gasteiger partial charge is 0.0868 e. The Morgan fingerprint density at radius 3 is 1.83 bits per heavy atom. The van der Waals surface area contributed by atoms with E-state index < -0.39 is 0 Å². The van der Waals surface area contributed by atoms with Crippen LogP contribution in [0.3, 0.4) is 0 Å². The van der Waals surface area contributed by atoms with Gasteiger partial charge in [0.1, 0.15) is 0 Å². The van der Waals surface area contributed by atoms with Gasteiger partial charge in [-0.2, -0.15) is 0 Å².